The van der Waals surface area contributed by atoms with Crippen molar-refractivity contribution in [3.8, 4) is 0 Å². The van der Waals surface area contributed by atoms with Crippen LogP contribution in [0.1, 0.15) is 22.3 Å². The number of amides is 2. The summed E-state index contributed by atoms with van der Waals surface area (Å²) in [5.74, 6) is -0.192. The van der Waals surface area contributed by atoms with E-state index in [1.165, 1.54) is 4.90 Å². The topological polar surface area (TPSA) is 49.4 Å². The molecule has 0 aliphatic heterocycles. The van der Waals surface area contributed by atoms with Crippen LogP contribution in [0.5, 0.6) is 0 Å². The molecular formula is C18H18Cl2N2O2. The molecule has 2 rings (SSSR count). The molecule has 2 aromatic rings. The van der Waals surface area contributed by atoms with Crippen molar-refractivity contribution < 1.29 is 9.59 Å². The number of carbonyl (C=O) groups excluding carboxylic acids is 2. The van der Waals surface area contributed by atoms with Crippen molar-refractivity contribution in [1.82, 2.24) is 4.90 Å². The third-order valence-corrected chi connectivity index (χ3v) is 4.01. The summed E-state index contributed by atoms with van der Waals surface area (Å²) in [7, 11) is 3.42. The minimum Gasteiger partial charge on any atom is -0.345 e. The molecule has 6 heteroatoms. The van der Waals surface area contributed by atoms with Crippen molar-refractivity contribution in [2.24, 2.45) is 0 Å². The summed E-state index contributed by atoms with van der Waals surface area (Å²) in [4.78, 5) is 25.4. The van der Waals surface area contributed by atoms with Gasteiger partial charge in [0.15, 0.2) is 0 Å². The first-order valence-electron chi connectivity index (χ1n) is 7.42. The maximum Gasteiger partial charge on any atom is 0.253 e. The maximum atomic E-state index is 12.0. The third-order valence-electron chi connectivity index (χ3n) is 3.45. The van der Waals surface area contributed by atoms with Gasteiger partial charge < -0.3 is 10.2 Å². The van der Waals surface area contributed by atoms with E-state index in [1.807, 2.05) is 12.1 Å². The van der Waals surface area contributed by atoms with E-state index in [1.54, 1.807) is 44.4 Å². The quantitative estimate of drug-likeness (QED) is 0.861. The minimum atomic E-state index is -0.146. The lowest BCUT2D eigenvalue weighted by molar-refractivity contribution is -0.116. The summed E-state index contributed by atoms with van der Waals surface area (Å²) >= 11 is 11.9. The number of aryl methyl sites for hydroxylation is 1. The van der Waals surface area contributed by atoms with Crippen molar-refractivity contribution >= 4 is 40.7 Å². The van der Waals surface area contributed by atoms with Gasteiger partial charge in [0.25, 0.3) is 5.91 Å². The zero-order valence-electron chi connectivity index (χ0n) is 13.5. The fraction of sp³-hybridized carbons (Fsp3) is 0.222. The first-order chi connectivity index (χ1) is 11.4. The number of nitrogens with zero attached hydrogens (tertiary/aromatic N) is 1. The van der Waals surface area contributed by atoms with Crippen LogP contribution in [0.3, 0.4) is 0 Å². The molecule has 0 radical (unpaired) electrons. The SMILES string of the molecule is CN(C)C(=O)c1ccc(CCC(=O)Nc2cc(Cl)ccc2Cl)cc1. The standard InChI is InChI=1S/C18H18Cl2N2O2/c1-22(2)18(24)13-6-3-12(4-7-13)5-10-17(23)21-16-11-14(19)8-9-15(16)20/h3-4,6-9,11H,5,10H2,1-2H3,(H,21,23). The fourth-order valence-corrected chi connectivity index (χ4v) is 2.47. The van der Waals surface area contributed by atoms with E-state index in [9.17, 15) is 9.59 Å². The molecule has 126 valence electrons. The molecule has 1 N–H and O–H groups in total. The van der Waals surface area contributed by atoms with Crippen LogP contribution in [0.2, 0.25) is 10.0 Å². The number of nitrogens with one attached hydrogen (secondary N) is 1. The lowest BCUT2D eigenvalue weighted by Gasteiger charge is -2.11. The van der Waals surface area contributed by atoms with Crippen LogP contribution >= 0.6 is 23.2 Å². The molecule has 0 atom stereocenters. The second-order valence-corrected chi connectivity index (χ2v) is 6.41. The number of hydrogen-bond donors (Lipinski definition) is 1. The fourth-order valence-electron chi connectivity index (χ4n) is 2.14. The van der Waals surface area contributed by atoms with Crippen molar-refractivity contribution in [2.75, 3.05) is 19.4 Å². The average Bonchev–Trinajstić information content (AvgIpc) is 2.56. The summed E-state index contributed by atoms with van der Waals surface area (Å²) in [6.07, 6.45) is 0.879. The predicted molar refractivity (Wildman–Crippen MR) is 97.9 cm³/mol. The van der Waals surface area contributed by atoms with E-state index in [4.69, 9.17) is 23.2 Å². The molecule has 0 aromatic heterocycles. The number of rotatable bonds is 5. The first-order valence-corrected chi connectivity index (χ1v) is 8.18. The van der Waals surface area contributed by atoms with Crippen LogP contribution in [0, 0.1) is 0 Å². The Balaban J connectivity index is 1.92. The highest BCUT2D eigenvalue weighted by atomic mass is 35.5. The second-order valence-electron chi connectivity index (χ2n) is 5.57. The molecule has 0 unspecified atom stereocenters. The van der Waals surface area contributed by atoms with E-state index < -0.39 is 0 Å². The molecule has 2 amide bonds. The van der Waals surface area contributed by atoms with Crippen LogP contribution < -0.4 is 5.32 Å². The first kappa shape index (κ1) is 18.3. The van der Waals surface area contributed by atoms with Crippen LogP contribution in [0.15, 0.2) is 42.5 Å². The van der Waals surface area contributed by atoms with Crippen molar-refractivity contribution in [3.05, 3.63) is 63.6 Å². The van der Waals surface area contributed by atoms with Crippen LogP contribution in [0.25, 0.3) is 0 Å². The molecule has 2 aromatic carbocycles. The molecule has 0 spiro atoms. The highest BCUT2D eigenvalue weighted by Gasteiger charge is 2.09. The zero-order chi connectivity index (χ0) is 17.7. The third kappa shape index (κ3) is 4.98. The van der Waals surface area contributed by atoms with Crippen molar-refractivity contribution in [1.29, 1.82) is 0 Å². The van der Waals surface area contributed by atoms with Gasteiger partial charge in [-0.2, -0.15) is 0 Å². The number of benzene rings is 2. The van der Waals surface area contributed by atoms with E-state index in [-0.39, 0.29) is 11.8 Å². The molecule has 4 nitrogen and oxygen atoms in total. The van der Waals surface area contributed by atoms with Crippen LogP contribution in [0.4, 0.5) is 5.69 Å². The van der Waals surface area contributed by atoms with Crippen molar-refractivity contribution in [3.63, 3.8) is 0 Å². The number of hydrogen-bond acceptors (Lipinski definition) is 2. The Labute approximate surface area is 151 Å². The number of carbonyl (C=O) groups is 2. The van der Waals surface area contributed by atoms with Gasteiger partial charge in [-0.1, -0.05) is 35.3 Å². The van der Waals surface area contributed by atoms with Gasteiger partial charge in [-0.25, -0.2) is 0 Å². The zero-order valence-corrected chi connectivity index (χ0v) is 15.0. The molecular weight excluding hydrogens is 347 g/mol. The summed E-state index contributed by atoms with van der Waals surface area (Å²) in [6, 6.07) is 12.2. The number of anilines is 1. The second kappa shape index (κ2) is 8.18. The molecule has 0 bridgehead atoms. The Morgan fingerprint density at radius 2 is 1.71 bits per heavy atom. The van der Waals surface area contributed by atoms with E-state index in [0.717, 1.165) is 5.56 Å². The van der Waals surface area contributed by atoms with Crippen molar-refractivity contribution in [2.45, 2.75) is 12.8 Å². The van der Waals surface area contributed by atoms with E-state index >= 15 is 0 Å². The normalized spacial score (nSPS) is 10.3. The predicted octanol–water partition coefficient (Wildman–Crippen LogP) is 4.27. The smallest absolute Gasteiger partial charge is 0.253 e. The Kier molecular flexibility index (Phi) is 6.23. The van der Waals surface area contributed by atoms with Gasteiger partial charge >= 0.3 is 0 Å². The summed E-state index contributed by atoms with van der Waals surface area (Å²) in [5, 5.41) is 3.70. The Bertz CT molecular complexity index is 743. The molecule has 0 saturated heterocycles. The molecule has 24 heavy (non-hydrogen) atoms. The van der Waals surface area contributed by atoms with Gasteiger partial charge in [0.2, 0.25) is 5.91 Å². The summed E-state index contributed by atoms with van der Waals surface area (Å²) in [6.45, 7) is 0. The van der Waals surface area contributed by atoms with Crippen LogP contribution in [-0.4, -0.2) is 30.8 Å². The minimum absolute atomic E-state index is 0.0464. The van der Waals surface area contributed by atoms with Crippen LogP contribution in [-0.2, 0) is 11.2 Å². The lowest BCUT2D eigenvalue weighted by Crippen LogP contribution is -2.21. The van der Waals surface area contributed by atoms with E-state index in [2.05, 4.69) is 5.32 Å². The Hall–Kier alpha value is -2.04. The van der Waals surface area contributed by atoms with Gasteiger partial charge in [0, 0.05) is 31.1 Å². The van der Waals surface area contributed by atoms with E-state index in [0.29, 0.717) is 34.1 Å². The largest absolute Gasteiger partial charge is 0.345 e. The number of halogens is 2. The van der Waals surface area contributed by atoms with Gasteiger partial charge in [0.05, 0.1) is 10.7 Å². The van der Waals surface area contributed by atoms with Gasteiger partial charge in [-0.3, -0.25) is 9.59 Å². The van der Waals surface area contributed by atoms with Gasteiger partial charge in [-0.05, 0) is 42.3 Å². The molecule has 0 saturated carbocycles. The molecule has 0 fully saturated rings. The summed E-state index contributed by atoms with van der Waals surface area (Å²) < 4.78 is 0. The summed E-state index contributed by atoms with van der Waals surface area (Å²) in [5.41, 5.74) is 2.11. The lowest BCUT2D eigenvalue weighted by atomic mass is 10.1. The molecule has 0 aliphatic carbocycles. The maximum absolute atomic E-state index is 12.0. The van der Waals surface area contributed by atoms with Gasteiger partial charge in [0.1, 0.15) is 0 Å². The Morgan fingerprint density at radius 1 is 1.04 bits per heavy atom. The van der Waals surface area contributed by atoms with Gasteiger partial charge in [-0.15, -0.1) is 0 Å². The molecule has 0 aliphatic rings. The molecule has 0 heterocycles. The monoisotopic (exact) mass is 364 g/mol. The Morgan fingerprint density at radius 3 is 2.33 bits per heavy atom. The highest BCUT2D eigenvalue weighted by molar-refractivity contribution is 6.35. The average molecular weight is 365 g/mol. The highest BCUT2D eigenvalue weighted by Crippen LogP contribution is 2.25.